The molecule has 3 rings (SSSR count). The van der Waals surface area contributed by atoms with Gasteiger partial charge in [-0.3, -0.25) is 5.73 Å². The molecular weight excluding hydrogens is 379 g/mol. The van der Waals surface area contributed by atoms with Gasteiger partial charge in [0.2, 0.25) is 5.72 Å². The van der Waals surface area contributed by atoms with E-state index in [2.05, 4.69) is 9.72 Å². The van der Waals surface area contributed by atoms with E-state index in [1.54, 1.807) is 42.5 Å². The smallest absolute Gasteiger partial charge is 0.430 e. The van der Waals surface area contributed by atoms with Crippen LogP contribution in [0.3, 0.4) is 0 Å². The number of hydrogen-bond acceptors (Lipinski definition) is 6. The second-order valence-electron chi connectivity index (χ2n) is 5.75. The van der Waals surface area contributed by atoms with Gasteiger partial charge in [-0.2, -0.15) is 18.4 Å². The first-order chi connectivity index (χ1) is 12.7. The van der Waals surface area contributed by atoms with Gasteiger partial charge in [0, 0.05) is 6.42 Å². The summed E-state index contributed by atoms with van der Waals surface area (Å²) < 4.78 is 43.7. The largest absolute Gasteiger partial charge is 0.491 e. The predicted molar refractivity (Wildman–Crippen MR) is 92.5 cm³/mol. The fourth-order valence-corrected chi connectivity index (χ4v) is 3.49. The third kappa shape index (κ3) is 4.07. The molecule has 3 aromatic rings. The highest BCUT2D eigenvalue weighted by Crippen LogP contribution is 2.34. The summed E-state index contributed by atoms with van der Waals surface area (Å²) in [7, 11) is 0. The van der Waals surface area contributed by atoms with Crippen LogP contribution in [0.2, 0.25) is 0 Å². The molecule has 0 saturated heterocycles. The molecule has 138 valence electrons. The van der Waals surface area contributed by atoms with E-state index in [4.69, 9.17) is 11.0 Å². The molecule has 0 aliphatic carbocycles. The molecule has 9 heteroatoms. The summed E-state index contributed by atoms with van der Waals surface area (Å²) in [5.74, 6) is -2.40. The standard InChI is InChI=1S/C18H12F3N3O2S/c19-18(20,21)16(25)26-17(23,9-11-4-3-5-12(8-11)10-22)15-24-13-6-1-2-7-14(13)27-15/h1-8H,9,23H2. The molecule has 0 aliphatic rings. The van der Waals surface area contributed by atoms with Crippen molar-refractivity contribution in [3.05, 3.63) is 64.7 Å². The van der Waals surface area contributed by atoms with E-state index in [0.29, 0.717) is 21.3 Å². The van der Waals surface area contributed by atoms with Crippen molar-refractivity contribution in [2.75, 3.05) is 0 Å². The average molecular weight is 391 g/mol. The van der Waals surface area contributed by atoms with Gasteiger partial charge in [-0.15, -0.1) is 11.3 Å². The molecule has 27 heavy (non-hydrogen) atoms. The molecule has 0 amide bonds. The first-order valence-electron chi connectivity index (χ1n) is 7.65. The van der Waals surface area contributed by atoms with Crippen LogP contribution in [0.15, 0.2) is 48.5 Å². The minimum absolute atomic E-state index is 0.0312. The Hall–Kier alpha value is -2.96. The zero-order valence-corrected chi connectivity index (χ0v) is 14.5. The van der Waals surface area contributed by atoms with Gasteiger partial charge in [0.25, 0.3) is 0 Å². The molecule has 1 atom stereocenters. The maximum atomic E-state index is 12.8. The number of hydrogen-bond donors (Lipinski definition) is 1. The van der Waals surface area contributed by atoms with E-state index in [1.807, 2.05) is 6.07 Å². The number of ether oxygens (including phenoxy) is 1. The van der Waals surface area contributed by atoms with Crippen LogP contribution < -0.4 is 5.73 Å². The normalized spacial score (nSPS) is 13.7. The average Bonchev–Trinajstić information content (AvgIpc) is 3.06. The highest BCUT2D eigenvalue weighted by molar-refractivity contribution is 7.18. The van der Waals surface area contributed by atoms with Crippen molar-refractivity contribution < 1.29 is 22.7 Å². The van der Waals surface area contributed by atoms with Crippen LogP contribution in [0.4, 0.5) is 13.2 Å². The molecule has 2 N–H and O–H groups in total. The number of para-hydroxylation sites is 1. The molecule has 1 unspecified atom stereocenters. The highest BCUT2D eigenvalue weighted by atomic mass is 32.1. The number of nitriles is 1. The maximum absolute atomic E-state index is 12.8. The predicted octanol–water partition coefficient (Wildman–Crippen LogP) is 3.63. The van der Waals surface area contributed by atoms with E-state index < -0.39 is 17.9 Å². The fraction of sp³-hybridized carbons (Fsp3) is 0.167. The number of carbonyl (C=O) groups excluding carboxylic acids is 1. The Balaban J connectivity index is 2.04. The molecule has 0 radical (unpaired) electrons. The van der Waals surface area contributed by atoms with Crippen molar-refractivity contribution >= 4 is 27.5 Å². The summed E-state index contributed by atoms with van der Waals surface area (Å²) in [6, 6.07) is 15.0. The van der Waals surface area contributed by atoms with Crippen LogP contribution in [0.1, 0.15) is 16.1 Å². The van der Waals surface area contributed by atoms with Crippen molar-refractivity contribution in [2.24, 2.45) is 5.73 Å². The monoisotopic (exact) mass is 391 g/mol. The highest BCUT2D eigenvalue weighted by Gasteiger charge is 2.47. The van der Waals surface area contributed by atoms with Crippen LogP contribution in [0.25, 0.3) is 10.2 Å². The number of halogens is 3. The number of rotatable bonds is 4. The van der Waals surface area contributed by atoms with Crippen LogP contribution in [-0.4, -0.2) is 17.1 Å². The van der Waals surface area contributed by atoms with Crippen molar-refractivity contribution in [1.29, 1.82) is 5.26 Å². The molecule has 1 aromatic heterocycles. The molecule has 2 aromatic carbocycles. The zero-order chi connectivity index (χ0) is 19.7. The summed E-state index contributed by atoms with van der Waals surface area (Å²) in [6.45, 7) is 0. The summed E-state index contributed by atoms with van der Waals surface area (Å²) in [5.41, 5.74) is 5.26. The summed E-state index contributed by atoms with van der Waals surface area (Å²) in [5, 5.41) is 9.03. The van der Waals surface area contributed by atoms with E-state index in [9.17, 15) is 18.0 Å². The molecule has 5 nitrogen and oxygen atoms in total. The third-order valence-corrected chi connectivity index (χ3v) is 4.88. The number of thiazole rings is 1. The van der Waals surface area contributed by atoms with Gasteiger partial charge in [-0.05, 0) is 29.8 Å². The van der Waals surface area contributed by atoms with E-state index in [0.717, 1.165) is 11.3 Å². The number of nitrogens with two attached hydrogens (primary N) is 1. The molecule has 0 aliphatic heterocycles. The number of nitrogens with zero attached hydrogens (tertiary/aromatic N) is 2. The lowest BCUT2D eigenvalue weighted by atomic mass is 10.0. The molecule has 0 spiro atoms. The van der Waals surface area contributed by atoms with Crippen LogP contribution in [0, 0.1) is 11.3 Å². The maximum Gasteiger partial charge on any atom is 0.491 e. The van der Waals surface area contributed by atoms with Crippen LogP contribution in [-0.2, 0) is 21.7 Å². The number of carbonyl (C=O) groups is 1. The quantitative estimate of drug-likeness (QED) is 0.542. The first-order valence-corrected chi connectivity index (χ1v) is 8.47. The minimum atomic E-state index is -5.20. The topological polar surface area (TPSA) is 89.0 Å². The Bertz CT molecular complexity index is 1010. The number of fused-ring (bicyclic) bond motifs is 1. The van der Waals surface area contributed by atoms with Crippen molar-refractivity contribution in [2.45, 2.75) is 18.3 Å². The van der Waals surface area contributed by atoms with Gasteiger partial charge in [0.15, 0.2) is 5.01 Å². The van der Waals surface area contributed by atoms with Crippen molar-refractivity contribution in [3.8, 4) is 6.07 Å². The zero-order valence-electron chi connectivity index (χ0n) is 13.7. The Morgan fingerprint density at radius 1 is 1.22 bits per heavy atom. The Kier molecular flexibility index (Phi) is 4.87. The number of benzene rings is 2. The lowest BCUT2D eigenvalue weighted by molar-refractivity contribution is -0.215. The summed E-state index contributed by atoms with van der Waals surface area (Å²) >= 11 is 1.04. The summed E-state index contributed by atoms with van der Waals surface area (Å²) in [6.07, 6.45) is -5.47. The van der Waals surface area contributed by atoms with Crippen LogP contribution in [0.5, 0.6) is 0 Å². The van der Waals surface area contributed by atoms with E-state index >= 15 is 0 Å². The Morgan fingerprint density at radius 2 is 1.96 bits per heavy atom. The number of alkyl halides is 3. The lowest BCUT2D eigenvalue weighted by Gasteiger charge is -2.27. The summed E-state index contributed by atoms with van der Waals surface area (Å²) in [4.78, 5) is 15.7. The van der Waals surface area contributed by atoms with Gasteiger partial charge < -0.3 is 4.74 Å². The second kappa shape index (κ2) is 6.98. The van der Waals surface area contributed by atoms with Crippen LogP contribution >= 0.6 is 11.3 Å². The Morgan fingerprint density at radius 3 is 2.63 bits per heavy atom. The molecule has 0 saturated carbocycles. The molecule has 0 bridgehead atoms. The SMILES string of the molecule is N#Cc1cccc(CC(N)(OC(=O)C(F)(F)F)c2nc3ccccc3s2)c1. The number of esters is 1. The van der Waals surface area contributed by atoms with Gasteiger partial charge in [0.05, 0.1) is 21.8 Å². The first kappa shape index (κ1) is 18.8. The van der Waals surface area contributed by atoms with Crippen molar-refractivity contribution in [1.82, 2.24) is 4.98 Å². The molecule has 0 fully saturated rings. The second-order valence-corrected chi connectivity index (χ2v) is 6.78. The number of aromatic nitrogens is 1. The van der Waals surface area contributed by atoms with Gasteiger partial charge in [0.1, 0.15) is 0 Å². The van der Waals surface area contributed by atoms with Gasteiger partial charge in [-0.25, -0.2) is 9.78 Å². The van der Waals surface area contributed by atoms with Gasteiger partial charge >= 0.3 is 12.1 Å². The molecule has 1 heterocycles. The third-order valence-electron chi connectivity index (χ3n) is 3.68. The van der Waals surface area contributed by atoms with Gasteiger partial charge in [-0.1, -0.05) is 24.3 Å². The Labute approximate surface area is 155 Å². The minimum Gasteiger partial charge on any atom is -0.430 e. The van der Waals surface area contributed by atoms with E-state index in [1.165, 1.54) is 6.07 Å². The lowest BCUT2D eigenvalue weighted by Crippen LogP contribution is -2.46. The fourth-order valence-electron chi connectivity index (χ4n) is 2.49. The van der Waals surface area contributed by atoms with Crippen molar-refractivity contribution in [3.63, 3.8) is 0 Å². The van der Waals surface area contributed by atoms with E-state index in [-0.39, 0.29) is 11.4 Å². The molecular formula is C18H12F3N3O2S.